The highest BCUT2D eigenvalue weighted by Gasteiger charge is 2.36. The highest BCUT2D eigenvalue weighted by molar-refractivity contribution is 5.76. The Morgan fingerprint density at radius 1 is 1.62 bits per heavy atom. The first-order valence-corrected chi connectivity index (χ1v) is 4.79. The van der Waals surface area contributed by atoms with Crippen LogP contribution in [0.3, 0.4) is 0 Å². The second-order valence-corrected chi connectivity index (χ2v) is 4.58. The first kappa shape index (κ1) is 10.5. The molecule has 13 heavy (non-hydrogen) atoms. The van der Waals surface area contributed by atoms with Crippen LogP contribution in [0.1, 0.15) is 27.2 Å². The fourth-order valence-electron chi connectivity index (χ4n) is 1.34. The summed E-state index contributed by atoms with van der Waals surface area (Å²) in [4.78, 5) is 11.3. The molecule has 2 unspecified atom stereocenters. The number of hydrogen-bond donors (Lipinski definition) is 1. The Morgan fingerprint density at radius 3 is 2.54 bits per heavy atom. The van der Waals surface area contributed by atoms with Crippen LogP contribution in [0.2, 0.25) is 0 Å². The minimum atomic E-state index is -0.406. The predicted molar refractivity (Wildman–Crippen MR) is 51.4 cm³/mol. The zero-order valence-corrected chi connectivity index (χ0v) is 8.89. The first-order valence-electron chi connectivity index (χ1n) is 4.79. The van der Waals surface area contributed by atoms with E-state index in [9.17, 15) is 4.79 Å². The number of carbonyl (C=O) groups excluding carboxylic acids is 1. The van der Waals surface area contributed by atoms with Crippen molar-refractivity contribution in [2.24, 2.45) is 11.3 Å². The topological polar surface area (TPSA) is 38.3 Å². The molecule has 0 aromatic carbocycles. The molecule has 0 aliphatic heterocycles. The summed E-state index contributed by atoms with van der Waals surface area (Å²) in [5.41, 5.74) is -0.406. The molecule has 1 N–H and O–H groups in total. The van der Waals surface area contributed by atoms with E-state index in [1.807, 2.05) is 13.8 Å². The zero-order valence-electron chi connectivity index (χ0n) is 8.89. The Hall–Kier alpha value is -0.570. The summed E-state index contributed by atoms with van der Waals surface area (Å²) in [7, 11) is 1.43. The van der Waals surface area contributed by atoms with E-state index in [4.69, 9.17) is 4.74 Å². The summed E-state index contributed by atoms with van der Waals surface area (Å²) < 4.78 is 4.72. The van der Waals surface area contributed by atoms with E-state index in [1.54, 1.807) is 0 Å². The molecule has 1 fully saturated rings. The van der Waals surface area contributed by atoms with E-state index in [2.05, 4.69) is 12.2 Å². The van der Waals surface area contributed by atoms with Gasteiger partial charge in [0.1, 0.15) is 0 Å². The SMILES string of the molecule is COC(=O)C(C)(C)CNC1CC1C. The number of hydrogen-bond acceptors (Lipinski definition) is 3. The third-order valence-electron chi connectivity index (χ3n) is 2.65. The van der Waals surface area contributed by atoms with Crippen LogP contribution >= 0.6 is 0 Å². The minimum Gasteiger partial charge on any atom is -0.469 e. The van der Waals surface area contributed by atoms with Gasteiger partial charge in [-0.05, 0) is 26.2 Å². The highest BCUT2D eigenvalue weighted by atomic mass is 16.5. The van der Waals surface area contributed by atoms with Gasteiger partial charge in [-0.15, -0.1) is 0 Å². The average molecular weight is 185 g/mol. The lowest BCUT2D eigenvalue weighted by Gasteiger charge is -2.21. The van der Waals surface area contributed by atoms with Crippen molar-refractivity contribution in [3.05, 3.63) is 0 Å². The van der Waals surface area contributed by atoms with E-state index in [1.165, 1.54) is 13.5 Å². The van der Waals surface area contributed by atoms with E-state index in [0.29, 0.717) is 12.6 Å². The molecule has 1 rings (SSSR count). The fourth-order valence-corrected chi connectivity index (χ4v) is 1.34. The third kappa shape index (κ3) is 2.69. The summed E-state index contributed by atoms with van der Waals surface area (Å²) in [6.07, 6.45) is 1.23. The van der Waals surface area contributed by atoms with Gasteiger partial charge in [0.25, 0.3) is 0 Å². The lowest BCUT2D eigenvalue weighted by Crippen LogP contribution is -2.38. The molecular weight excluding hydrogens is 166 g/mol. The van der Waals surface area contributed by atoms with E-state index in [-0.39, 0.29) is 5.97 Å². The van der Waals surface area contributed by atoms with Crippen molar-refractivity contribution in [1.29, 1.82) is 0 Å². The minimum absolute atomic E-state index is 0.145. The summed E-state index contributed by atoms with van der Waals surface area (Å²) >= 11 is 0. The first-order chi connectivity index (χ1) is 5.97. The third-order valence-corrected chi connectivity index (χ3v) is 2.65. The monoisotopic (exact) mass is 185 g/mol. The van der Waals surface area contributed by atoms with E-state index < -0.39 is 5.41 Å². The van der Waals surface area contributed by atoms with Crippen LogP contribution in [0.5, 0.6) is 0 Å². The maximum absolute atomic E-state index is 11.3. The molecule has 0 aromatic heterocycles. The summed E-state index contributed by atoms with van der Waals surface area (Å²) in [5.74, 6) is 0.627. The maximum atomic E-state index is 11.3. The van der Waals surface area contributed by atoms with Gasteiger partial charge in [0.05, 0.1) is 12.5 Å². The van der Waals surface area contributed by atoms with Gasteiger partial charge in [-0.1, -0.05) is 6.92 Å². The second kappa shape index (κ2) is 3.66. The number of rotatable bonds is 4. The summed E-state index contributed by atoms with van der Waals surface area (Å²) in [5, 5.41) is 3.36. The summed E-state index contributed by atoms with van der Waals surface area (Å²) in [6.45, 7) is 6.72. The number of esters is 1. The number of ether oxygens (including phenoxy) is 1. The number of carbonyl (C=O) groups is 1. The molecule has 0 saturated heterocycles. The van der Waals surface area contributed by atoms with E-state index in [0.717, 1.165) is 5.92 Å². The van der Waals surface area contributed by atoms with Gasteiger partial charge in [0.2, 0.25) is 0 Å². The Morgan fingerprint density at radius 2 is 2.15 bits per heavy atom. The standard InChI is InChI=1S/C10H19NO2/c1-7-5-8(7)11-6-10(2,3)9(12)13-4/h7-8,11H,5-6H2,1-4H3. The van der Waals surface area contributed by atoms with Crippen molar-refractivity contribution in [2.75, 3.05) is 13.7 Å². The average Bonchev–Trinajstić information content (AvgIpc) is 2.77. The molecule has 3 nitrogen and oxygen atoms in total. The lowest BCUT2D eigenvalue weighted by atomic mass is 9.94. The fraction of sp³-hybridized carbons (Fsp3) is 0.900. The van der Waals surface area contributed by atoms with Crippen molar-refractivity contribution < 1.29 is 9.53 Å². The molecule has 0 spiro atoms. The van der Waals surface area contributed by atoms with Crippen molar-refractivity contribution in [3.8, 4) is 0 Å². The van der Waals surface area contributed by atoms with Gasteiger partial charge in [-0.3, -0.25) is 4.79 Å². The molecule has 1 aliphatic rings. The van der Waals surface area contributed by atoms with Crippen LogP contribution in [0.15, 0.2) is 0 Å². The largest absolute Gasteiger partial charge is 0.469 e. The normalized spacial score (nSPS) is 27.1. The molecule has 0 bridgehead atoms. The molecule has 1 saturated carbocycles. The zero-order chi connectivity index (χ0) is 10.1. The molecule has 2 atom stereocenters. The number of methoxy groups -OCH3 is 1. The molecule has 0 aromatic rings. The summed E-state index contributed by atoms with van der Waals surface area (Å²) in [6, 6.07) is 0.615. The van der Waals surface area contributed by atoms with Gasteiger partial charge in [-0.2, -0.15) is 0 Å². The van der Waals surface area contributed by atoms with Crippen LogP contribution in [-0.2, 0) is 9.53 Å². The Bertz CT molecular complexity index is 201. The molecule has 0 heterocycles. The van der Waals surface area contributed by atoms with E-state index >= 15 is 0 Å². The Kier molecular flexibility index (Phi) is 2.96. The van der Waals surface area contributed by atoms with Crippen molar-refractivity contribution >= 4 is 5.97 Å². The van der Waals surface area contributed by atoms with Gasteiger partial charge < -0.3 is 10.1 Å². The lowest BCUT2D eigenvalue weighted by molar-refractivity contribution is -0.150. The molecular formula is C10H19NO2. The number of nitrogens with one attached hydrogen (secondary N) is 1. The van der Waals surface area contributed by atoms with Crippen LogP contribution in [0, 0.1) is 11.3 Å². The van der Waals surface area contributed by atoms with Crippen LogP contribution in [0.25, 0.3) is 0 Å². The molecule has 0 amide bonds. The maximum Gasteiger partial charge on any atom is 0.312 e. The molecule has 3 heteroatoms. The smallest absolute Gasteiger partial charge is 0.312 e. The highest BCUT2D eigenvalue weighted by Crippen LogP contribution is 2.30. The Balaban J connectivity index is 2.29. The van der Waals surface area contributed by atoms with Gasteiger partial charge in [0, 0.05) is 12.6 Å². The molecule has 1 aliphatic carbocycles. The van der Waals surface area contributed by atoms with Crippen molar-refractivity contribution in [2.45, 2.75) is 33.2 Å². The van der Waals surface area contributed by atoms with Crippen LogP contribution < -0.4 is 5.32 Å². The van der Waals surface area contributed by atoms with Crippen molar-refractivity contribution in [1.82, 2.24) is 5.32 Å². The van der Waals surface area contributed by atoms with Gasteiger partial charge in [-0.25, -0.2) is 0 Å². The molecule has 76 valence electrons. The predicted octanol–water partition coefficient (Wildman–Crippen LogP) is 1.18. The van der Waals surface area contributed by atoms with Crippen LogP contribution in [0.4, 0.5) is 0 Å². The van der Waals surface area contributed by atoms with Crippen molar-refractivity contribution in [3.63, 3.8) is 0 Å². The Labute approximate surface area is 79.8 Å². The van der Waals surface area contributed by atoms with Crippen LogP contribution in [-0.4, -0.2) is 25.7 Å². The quantitative estimate of drug-likeness (QED) is 0.668. The molecule has 0 radical (unpaired) electrons. The van der Waals surface area contributed by atoms with Gasteiger partial charge in [0.15, 0.2) is 0 Å². The second-order valence-electron chi connectivity index (χ2n) is 4.58. The van der Waals surface area contributed by atoms with Gasteiger partial charge >= 0.3 is 5.97 Å².